The lowest BCUT2D eigenvalue weighted by Gasteiger charge is -2.20. The van der Waals surface area contributed by atoms with Gasteiger partial charge in [-0.05, 0) is 24.8 Å². The summed E-state index contributed by atoms with van der Waals surface area (Å²) >= 11 is 1.04. The topological polar surface area (TPSA) is 38.1 Å². The molecule has 0 aliphatic rings. The number of carbonyl (C=O) groups is 1. The van der Waals surface area contributed by atoms with Crippen molar-refractivity contribution in [3.8, 4) is 0 Å². The number of aromatic nitrogens is 2. The van der Waals surface area contributed by atoms with Crippen LogP contribution >= 0.6 is 11.8 Å². The van der Waals surface area contributed by atoms with Gasteiger partial charge in [-0.1, -0.05) is 6.92 Å². The molecule has 1 heterocycles. The molecule has 4 nitrogen and oxygen atoms in total. The Hall–Kier alpha value is -2.10. The van der Waals surface area contributed by atoms with Crippen LogP contribution in [0.5, 0.6) is 0 Å². The molecule has 1 aromatic heterocycles. The first-order valence-corrected chi connectivity index (χ1v) is 8.23. The zero-order valence-corrected chi connectivity index (χ0v) is 14.1. The molecule has 1 aromatic carbocycles. The number of thioether (sulfide) groups is 1. The fourth-order valence-corrected chi connectivity index (χ4v) is 3.17. The van der Waals surface area contributed by atoms with Gasteiger partial charge in [0.15, 0.2) is 5.69 Å². The molecule has 0 spiro atoms. The maximum atomic E-state index is 14.1. The molecule has 0 radical (unpaired) electrons. The summed E-state index contributed by atoms with van der Waals surface area (Å²) in [6.07, 6.45) is -4.79. The zero-order valence-electron chi connectivity index (χ0n) is 13.3. The summed E-state index contributed by atoms with van der Waals surface area (Å²) in [5.74, 6) is -1.65. The Morgan fingerprint density at radius 3 is 2.44 bits per heavy atom. The first-order chi connectivity index (χ1) is 11.7. The van der Waals surface area contributed by atoms with Gasteiger partial charge in [0.25, 0.3) is 0 Å². The van der Waals surface area contributed by atoms with Gasteiger partial charge in [-0.25, -0.2) is 8.78 Å². The Kier molecular flexibility index (Phi) is 5.71. The summed E-state index contributed by atoms with van der Waals surface area (Å²) in [4.78, 5) is 12.0. The van der Waals surface area contributed by atoms with E-state index in [0.717, 1.165) is 28.6 Å². The van der Waals surface area contributed by atoms with Crippen LogP contribution in [0.1, 0.15) is 19.5 Å². The van der Waals surface area contributed by atoms with Gasteiger partial charge in [0.2, 0.25) is 6.41 Å². The summed E-state index contributed by atoms with van der Waals surface area (Å²) in [6.45, 7) is 3.45. The van der Waals surface area contributed by atoms with Crippen LogP contribution in [0.4, 0.5) is 33.3 Å². The number of alkyl halides is 3. The third kappa shape index (κ3) is 3.78. The fraction of sp³-hybridized carbons (Fsp3) is 0.333. The van der Waals surface area contributed by atoms with E-state index in [-0.39, 0.29) is 18.0 Å². The molecule has 2 rings (SSSR count). The van der Waals surface area contributed by atoms with Crippen LogP contribution < -0.4 is 4.90 Å². The summed E-state index contributed by atoms with van der Waals surface area (Å²) in [5.41, 5.74) is -2.36. The normalized spacial score (nSPS) is 11.6. The molecule has 2 aromatic rings. The Bertz CT molecular complexity index is 775. The van der Waals surface area contributed by atoms with Crippen LogP contribution in [0.15, 0.2) is 23.2 Å². The van der Waals surface area contributed by atoms with Crippen molar-refractivity contribution in [2.75, 3.05) is 10.7 Å². The van der Waals surface area contributed by atoms with E-state index >= 15 is 0 Å². The molecule has 0 N–H and O–H groups in total. The number of anilines is 2. The molecule has 0 unspecified atom stereocenters. The van der Waals surface area contributed by atoms with Crippen LogP contribution in [0.3, 0.4) is 0 Å². The minimum Gasteiger partial charge on any atom is -0.278 e. The van der Waals surface area contributed by atoms with Crippen molar-refractivity contribution in [1.29, 1.82) is 0 Å². The van der Waals surface area contributed by atoms with E-state index in [0.29, 0.717) is 16.7 Å². The Labute approximate surface area is 144 Å². The number of benzene rings is 1. The Morgan fingerprint density at radius 1 is 1.28 bits per heavy atom. The van der Waals surface area contributed by atoms with Crippen LogP contribution in [-0.4, -0.2) is 21.9 Å². The van der Waals surface area contributed by atoms with Crippen LogP contribution in [0.2, 0.25) is 0 Å². The highest BCUT2D eigenvalue weighted by molar-refractivity contribution is 7.99. The van der Waals surface area contributed by atoms with Crippen molar-refractivity contribution in [3.05, 3.63) is 35.5 Å². The predicted octanol–water partition coefficient (Wildman–Crippen LogP) is 4.61. The number of amides is 1. The smallest absolute Gasteiger partial charge is 0.278 e. The van der Waals surface area contributed by atoms with E-state index in [1.807, 2.05) is 0 Å². The van der Waals surface area contributed by atoms with E-state index in [2.05, 4.69) is 5.10 Å². The molecule has 0 aliphatic heterocycles. The number of hydrogen-bond acceptors (Lipinski definition) is 3. The number of nitrogens with zero attached hydrogens (tertiary/aromatic N) is 3. The van der Waals surface area contributed by atoms with Crippen LogP contribution in [0, 0.1) is 11.6 Å². The van der Waals surface area contributed by atoms with Crippen LogP contribution in [0.25, 0.3) is 0 Å². The van der Waals surface area contributed by atoms with E-state index in [4.69, 9.17) is 0 Å². The molecular weight excluding hydrogens is 365 g/mol. The molecule has 136 valence electrons. The minimum absolute atomic E-state index is 0.0578. The number of aryl methyl sites for hydroxylation is 1. The Balaban J connectivity index is 2.76. The number of rotatable bonds is 6. The molecule has 0 fully saturated rings. The maximum Gasteiger partial charge on any atom is 0.437 e. The molecular formula is C15H14F5N3OS. The van der Waals surface area contributed by atoms with E-state index < -0.39 is 34.9 Å². The molecule has 0 atom stereocenters. The summed E-state index contributed by atoms with van der Waals surface area (Å²) in [7, 11) is 0. The number of hydrogen-bond donors (Lipinski definition) is 0. The summed E-state index contributed by atoms with van der Waals surface area (Å²) in [6, 6.07) is 2.26. The first-order valence-electron chi connectivity index (χ1n) is 7.24. The maximum absolute atomic E-state index is 14.1. The van der Waals surface area contributed by atoms with E-state index in [1.54, 1.807) is 13.8 Å². The third-order valence-corrected chi connectivity index (χ3v) is 4.21. The van der Waals surface area contributed by atoms with Gasteiger partial charge in [0, 0.05) is 12.6 Å². The molecule has 25 heavy (non-hydrogen) atoms. The van der Waals surface area contributed by atoms with Crippen molar-refractivity contribution in [1.82, 2.24) is 9.78 Å². The van der Waals surface area contributed by atoms with Gasteiger partial charge >= 0.3 is 6.18 Å². The second kappa shape index (κ2) is 7.42. The summed E-state index contributed by atoms with van der Waals surface area (Å²) < 4.78 is 68.5. The molecule has 0 saturated heterocycles. The van der Waals surface area contributed by atoms with Gasteiger partial charge in [-0.3, -0.25) is 14.4 Å². The van der Waals surface area contributed by atoms with Gasteiger partial charge in [-0.15, -0.1) is 11.8 Å². The van der Waals surface area contributed by atoms with Gasteiger partial charge in [0.1, 0.15) is 22.3 Å². The van der Waals surface area contributed by atoms with Crippen molar-refractivity contribution in [3.63, 3.8) is 0 Å². The lowest BCUT2D eigenvalue weighted by molar-refractivity contribution is -0.141. The highest BCUT2D eigenvalue weighted by Crippen LogP contribution is 2.44. The molecule has 0 bridgehead atoms. The minimum atomic E-state index is -4.85. The van der Waals surface area contributed by atoms with Gasteiger partial charge < -0.3 is 0 Å². The molecule has 0 aliphatic carbocycles. The lowest BCUT2D eigenvalue weighted by atomic mass is 10.2. The monoisotopic (exact) mass is 379 g/mol. The Morgan fingerprint density at radius 2 is 1.96 bits per heavy atom. The average Bonchev–Trinajstić information content (AvgIpc) is 2.89. The van der Waals surface area contributed by atoms with Crippen molar-refractivity contribution >= 4 is 29.5 Å². The second-order valence-electron chi connectivity index (χ2n) is 4.82. The van der Waals surface area contributed by atoms with Gasteiger partial charge in [-0.2, -0.15) is 18.3 Å². The lowest BCUT2D eigenvalue weighted by Crippen LogP contribution is -2.20. The molecule has 1 amide bonds. The molecule has 0 saturated carbocycles. The first kappa shape index (κ1) is 19.2. The SMILES string of the molecule is CCSc1c(N(C=O)c2ccc(F)cc2F)c(C(F)(F)F)nn1CC. The van der Waals surface area contributed by atoms with E-state index in [9.17, 15) is 26.7 Å². The molecule has 10 heteroatoms. The fourth-order valence-electron chi connectivity index (χ4n) is 2.25. The standard InChI is InChI=1S/C15H14F5N3OS/c1-3-23-14(25-4-2)12(13(21-23)15(18,19)20)22(8-24)11-6-5-9(16)7-10(11)17/h5-8H,3-4H2,1-2H3. The second-order valence-corrected chi connectivity index (χ2v) is 6.07. The van der Waals surface area contributed by atoms with Crippen molar-refractivity contribution in [2.24, 2.45) is 0 Å². The van der Waals surface area contributed by atoms with Crippen molar-refractivity contribution < 1.29 is 26.7 Å². The zero-order chi connectivity index (χ0) is 18.8. The predicted molar refractivity (Wildman–Crippen MR) is 83.9 cm³/mol. The number of halogens is 5. The third-order valence-electron chi connectivity index (χ3n) is 3.25. The average molecular weight is 379 g/mol. The number of carbonyl (C=O) groups excluding carboxylic acids is 1. The largest absolute Gasteiger partial charge is 0.437 e. The quantitative estimate of drug-likeness (QED) is 0.418. The van der Waals surface area contributed by atoms with E-state index in [1.165, 1.54) is 0 Å². The highest BCUT2D eigenvalue weighted by atomic mass is 32.2. The highest BCUT2D eigenvalue weighted by Gasteiger charge is 2.41. The van der Waals surface area contributed by atoms with Crippen LogP contribution in [-0.2, 0) is 17.5 Å². The van der Waals surface area contributed by atoms with Gasteiger partial charge in [0.05, 0.1) is 5.69 Å². The summed E-state index contributed by atoms with van der Waals surface area (Å²) in [5, 5.41) is 3.61. The van der Waals surface area contributed by atoms with Crippen molar-refractivity contribution in [2.45, 2.75) is 31.6 Å².